The van der Waals surface area contributed by atoms with Crippen molar-refractivity contribution in [1.82, 2.24) is 10.2 Å². The van der Waals surface area contributed by atoms with Gasteiger partial charge in [-0.3, -0.25) is 4.90 Å². The molecule has 1 heterocycles. The molecule has 2 atom stereocenters. The van der Waals surface area contributed by atoms with Crippen molar-refractivity contribution >= 4 is 0 Å². The standard InChI is InChI=1S/C17H34N2/c1-13(2)9-10-19-12-14(16(3,4)5)18-11-15(19)17(6,7)8/h9,14-15,18H,10-12H2,1-8H3. The number of nitrogens with zero attached hydrogens (tertiary/aromatic N) is 1. The van der Waals surface area contributed by atoms with Crippen LogP contribution in [0.5, 0.6) is 0 Å². The number of rotatable bonds is 2. The predicted octanol–water partition coefficient (Wildman–Crippen LogP) is 3.69. The highest BCUT2D eigenvalue weighted by Gasteiger charge is 2.38. The third kappa shape index (κ3) is 4.92. The second-order valence-electron chi connectivity index (χ2n) is 8.44. The van der Waals surface area contributed by atoms with E-state index in [1.807, 2.05) is 0 Å². The van der Waals surface area contributed by atoms with E-state index < -0.39 is 0 Å². The van der Waals surface area contributed by atoms with E-state index in [9.17, 15) is 0 Å². The summed E-state index contributed by atoms with van der Waals surface area (Å²) in [5.41, 5.74) is 2.07. The molecule has 1 aliphatic rings. The lowest BCUT2D eigenvalue weighted by Gasteiger charge is -2.49. The first-order chi connectivity index (χ1) is 8.51. The lowest BCUT2D eigenvalue weighted by molar-refractivity contribution is 0.0390. The first-order valence-corrected chi connectivity index (χ1v) is 7.62. The van der Waals surface area contributed by atoms with Gasteiger partial charge >= 0.3 is 0 Å². The van der Waals surface area contributed by atoms with Crippen molar-refractivity contribution in [2.45, 2.75) is 67.5 Å². The Hall–Kier alpha value is -0.340. The summed E-state index contributed by atoms with van der Waals surface area (Å²) < 4.78 is 0. The Kier molecular flexibility index (Phi) is 5.25. The third-order valence-corrected chi connectivity index (χ3v) is 4.19. The van der Waals surface area contributed by atoms with Crippen LogP contribution in [0.2, 0.25) is 0 Å². The summed E-state index contributed by atoms with van der Waals surface area (Å²) in [6.45, 7) is 21.8. The number of hydrogen-bond donors (Lipinski definition) is 1. The Labute approximate surface area is 120 Å². The highest BCUT2D eigenvalue weighted by Crippen LogP contribution is 2.30. The minimum Gasteiger partial charge on any atom is -0.311 e. The highest BCUT2D eigenvalue weighted by atomic mass is 15.2. The highest BCUT2D eigenvalue weighted by molar-refractivity contribution is 5.01. The van der Waals surface area contributed by atoms with Gasteiger partial charge in [-0.1, -0.05) is 53.2 Å². The maximum absolute atomic E-state index is 3.77. The van der Waals surface area contributed by atoms with E-state index in [1.165, 1.54) is 5.57 Å². The number of hydrogen-bond acceptors (Lipinski definition) is 2. The molecule has 0 saturated carbocycles. The quantitative estimate of drug-likeness (QED) is 0.767. The lowest BCUT2D eigenvalue weighted by Crippen LogP contribution is -2.63. The van der Waals surface area contributed by atoms with Crippen LogP contribution in [0.25, 0.3) is 0 Å². The summed E-state index contributed by atoms with van der Waals surface area (Å²) in [6, 6.07) is 1.19. The minimum absolute atomic E-state index is 0.325. The maximum atomic E-state index is 3.77. The molecule has 2 nitrogen and oxygen atoms in total. The van der Waals surface area contributed by atoms with Crippen molar-refractivity contribution < 1.29 is 0 Å². The molecular weight excluding hydrogens is 232 g/mol. The molecule has 0 bridgehead atoms. The molecule has 2 heteroatoms. The largest absolute Gasteiger partial charge is 0.311 e. The fourth-order valence-corrected chi connectivity index (χ4v) is 2.74. The Bertz CT molecular complexity index is 313. The zero-order valence-corrected chi connectivity index (χ0v) is 14.3. The van der Waals surface area contributed by atoms with Crippen LogP contribution in [0, 0.1) is 10.8 Å². The van der Waals surface area contributed by atoms with Crippen molar-refractivity contribution in [1.29, 1.82) is 0 Å². The average molecular weight is 266 g/mol. The van der Waals surface area contributed by atoms with E-state index >= 15 is 0 Å². The number of piperazine rings is 1. The summed E-state index contributed by atoms with van der Waals surface area (Å²) in [6.07, 6.45) is 2.36. The summed E-state index contributed by atoms with van der Waals surface area (Å²) in [5.74, 6) is 0. The van der Waals surface area contributed by atoms with E-state index in [1.54, 1.807) is 0 Å². The van der Waals surface area contributed by atoms with Gasteiger partial charge in [-0.25, -0.2) is 0 Å². The van der Waals surface area contributed by atoms with Crippen LogP contribution in [0.4, 0.5) is 0 Å². The predicted molar refractivity (Wildman–Crippen MR) is 85.5 cm³/mol. The summed E-state index contributed by atoms with van der Waals surface area (Å²) in [4.78, 5) is 2.67. The SMILES string of the molecule is CC(C)=CCN1CC(C(C)(C)C)NCC1C(C)(C)C. The van der Waals surface area contributed by atoms with Crippen LogP contribution in [0.1, 0.15) is 55.4 Å². The molecule has 0 amide bonds. The van der Waals surface area contributed by atoms with Crippen molar-refractivity contribution in [3.8, 4) is 0 Å². The van der Waals surface area contributed by atoms with Crippen LogP contribution in [-0.4, -0.2) is 36.6 Å². The Morgan fingerprint density at radius 3 is 2.11 bits per heavy atom. The van der Waals surface area contributed by atoms with Crippen LogP contribution in [-0.2, 0) is 0 Å². The molecule has 1 N–H and O–H groups in total. The van der Waals surface area contributed by atoms with Gasteiger partial charge in [0.15, 0.2) is 0 Å². The normalized spacial score (nSPS) is 26.3. The second-order valence-corrected chi connectivity index (χ2v) is 8.44. The van der Waals surface area contributed by atoms with Gasteiger partial charge in [0.2, 0.25) is 0 Å². The van der Waals surface area contributed by atoms with E-state index in [0.29, 0.717) is 22.9 Å². The van der Waals surface area contributed by atoms with Gasteiger partial charge in [-0.15, -0.1) is 0 Å². The average Bonchev–Trinajstić information content (AvgIpc) is 2.23. The van der Waals surface area contributed by atoms with Crippen LogP contribution < -0.4 is 5.32 Å². The molecule has 1 fully saturated rings. The molecule has 112 valence electrons. The van der Waals surface area contributed by atoms with Crippen molar-refractivity contribution in [2.24, 2.45) is 10.8 Å². The molecule has 19 heavy (non-hydrogen) atoms. The van der Waals surface area contributed by atoms with Gasteiger partial charge in [0.05, 0.1) is 0 Å². The molecule has 0 aromatic rings. The maximum Gasteiger partial charge on any atom is 0.0273 e. The monoisotopic (exact) mass is 266 g/mol. The zero-order chi connectivity index (χ0) is 14.8. The first kappa shape index (κ1) is 16.7. The summed E-state index contributed by atoms with van der Waals surface area (Å²) in [5, 5.41) is 3.77. The molecule has 0 spiro atoms. The van der Waals surface area contributed by atoms with Gasteiger partial charge < -0.3 is 5.32 Å². The van der Waals surface area contributed by atoms with E-state index in [2.05, 4.69) is 71.7 Å². The van der Waals surface area contributed by atoms with Gasteiger partial charge in [0, 0.05) is 31.7 Å². The topological polar surface area (TPSA) is 15.3 Å². The molecule has 1 saturated heterocycles. The Morgan fingerprint density at radius 1 is 1.11 bits per heavy atom. The lowest BCUT2D eigenvalue weighted by atomic mass is 9.79. The number of nitrogens with one attached hydrogen (secondary N) is 1. The summed E-state index contributed by atoms with van der Waals surface area (Å²) in [7, 11) is 0. The van der Waals surface area contributed by atoms with Crippen LogP contribution in [0.15, 0.2) is 11.6 Å². The van der Waals surface area contributed by atoms with Crippen LogP contribution in [0.3, 0.4) is 0 Å². The molecular formula is C17H34N2. The molecule has 1 rings (SSSR count). The summed E-state index contributed by atoms with van der Waals surface area (Å²) >= 11 is 0. The Balaban J connectivity index is 2.83. The van der Waals surface area contributed by atoms with E-state index in [-0.39, 0.29) is 0 Å². The van der Waals surface area contributed by atoms with E-state index in [4.69, 9.17) is 0 Å². The molecule has 0 aliphatic carbocycles. The zero-order valence-electron chi connectivity index (χ0n) is 14.3. The van der Waals surface area contributed by atoms with Gasteiger partial charge in [0.1, 0.15) is 0 Å². The molecule has 0 radical (unpaired) electrons. The van der Waals surface area contributed by atoms with Gasteiger partial charge in [-0.2, -0.15) is 0 Å². The first-order valence-electron chi connectivity index (χ1n) is 7.62. The van der Waals surface area contributed by atoms with E-state index in [0.717, 1.165) is 19.6 Å². The molecule has 2 unspecified atom stereocenters. The Morgan fingerprint density at radius 2 is 1.68 bits per heavy atom. The second kappa shape index (κ2) is 5.97. The van der Waals surface area contributed by atoms with Crippen molar-refractivity contribution in [3.63, 3.8) is 0 Å². The van der Waals surface area contributed by atoms with Crippen molar-refractivity contribution in [3.05, 3.63) is 11.6 Å². The number of allylic oxidation sites excluding steroid dienone is 1. The van der Waals surface area contributed by atoms with Crippen molar-refractivity contribution in [2.75, 3.05) is 19.6 Å². The van der Waals surface area contributed by atoms with Gasteiger partial charge in [0.25, 0.3) is 0 Å². The smallest absolute Gasteiger partial charge is 0.0273 e. The molecule has 0 aromatic carbocycles. The van der Waals surface area contributed by atoms with Gasteiger partial charge in [-0.05, 0) is 24.7 Å². The third-order valence-electron chi connectivity index (χ3n) is 4.19. The van der Waals surface area contributed by atoms with Crippen LogP contribution >= 0.6 is 0 Å². The minimum atomic E-state index is 0.325. The molecule has 0 aromatic heterocycles. The fraction of sp³-hybridized carbons (Fsp3) is 0.882. The molecule has 1 aliphatic heterocycles. The fourth-order valence-electron chi connectivity index (χ4n) is 2.74.